The molecule has 0 aliphatic heterocycles. The molecule has 0 heterocycles. The number of terminal acetylenes is 1. The van der Waals surface area contributed by atoms with Gasteiger partial charge in [0.25, 0.3) is 0 Å². The van der Waals surface area contributed by atoms with Gasteiger partial charge in [-0.1, -0.05) is 0 Å². The van der Waals surface area contributed by atoms with E-state index < -0.39 is 0 Å². The first-order chi connectivity index (χ1) is 8.98. The van der Waals surface area contributed by atoms with Gasteiger partial charge in [0.1, 0.15) is 6.54 Å². The monoisotopic (exact) mass is 260 g/mol. The Balaban J connectivity index is 3.72. The minimum Gasteiger partial charge on any atom is -0.340 e. The lowest BCUT2D eigenvalue weighted by atomic mass is 10.1. The van der Waals surface area contributed by atoms with Crippen molar-refractivity contribution in [1.82, 2.24) is 0 Å². The second-order valence-corrected chi connectivity index (χ2v) is 5.88. The fourth-order valence-electron chi connectivity index (χ4n) is 1.82. The largest absolute Gasteiger partial charge is 0.340 e. The van der Waals surface area contributed by atoms with Crippen molar-refractivity contribution in [1.29, 1.82) is 0 Å². The number of unbranched alkanes of at least 4 members (excludes halogenated alkanes) is 3. The molecule has 0 radical (unpaired) electrons. The Hall–Kier alpha value is -1.40. The van der Waals surface area contributed by atoms with Gasteiger partial charge in [-0.05, 0) is 55.3 Å². The molecular formula is C17H28N2+2. The van der Waals surface area contributed by atoms with E-state index in [0.29, 0.717) is 0 Å². The standard InChI is InChI=1S/C17H27N2/c1-6-7-8-10-13-16-19(4,5)17-14-11-9-12-15-18(2)3/h1H,9,11-12,14-17H2,2-5H3/q+1/p+1. The molecule has 0 saturated heterocycles. The Kier molecular flexibility index (Phi) is 9.74. The van der Waals surface area contributed by atoms with Crippen molar-refractivity contribution in [2.75, 3.05) is 47.8 Å². The van der Waals surface area contributed by atoms with Crippen LogP contribution in [-0.4, -0.2) is 52.3 Å². The Labute approximate surface area is 119 Å². The van der Waals surface area contributed by atoms with Crippen molar-refractivity contribution in [2.24, 2.45) is 0 Å². The fraction of sp³-hybridized carbons (Fsp3) is 0.647. The van der Waals surface area contributed by atoms with Crippen LogP contribution in [0.1, 0.15) is 25.7 Å². The van der Waals surface area contributed by atoms with E-state index in [1.807, 2.05) is 0 Å². The maximum atomic E-state index is 5.02. The molecule has 2 nitrogen and oxygen atoms in total. The maximum Gasteiger partial charge on any atom is 0.141 e. The summed E-state index contributed by atoms with van der Waals surface area (Å²) in [4.78, 5) is 1.54. The van der Waals surface area contributed by atoms with Crippen molar-refractivity contribution in [2.45, 2.75) is 25.7 Å². The van der Waals surface area contributed by atoms with Crippen LogP contribution in [0.25, 0.3) is 0 Å². The average Bonchev–Trinajstić information content (AvgIpc) is 2.33. The number of rotatable bonds is 8. The summed E-state index contributed by atoms with van der Waals surface area (Å²) in [5.41, 5.74) is 0. The lowest BCUT2D eigenvalue weighted by Crippen LogP contribution is -3.05. The van der Waals surface area contributed by atoms with E-state index in [1.54, 1.807) is 4.90 Å². The predicted molar refractivity (Wildman–Crippen MR) is 82.4 cm³/mol. The Morgan fingerprint density at radius 2 is 1.63 bits per heavy atom. The zero-order valence-corrected chi connectivity index (χ0v) is 13.0. The molecule has 0 aromatic rings. The van der Waals surface area contributed by atoms with Gasteiger partial charge in [-0.25, -0.2) is 0 Å². The lowest BCUT2D eigenvalue weighted by Gasteiger charge is -2.27. The number of nitrogens with one attached hydrogen (secondary N) is 1. The summed E-state index contributed by atoms with van der Waals surface area (Å²) in [6, 6.07) is 0. The van der Waals surface area contributed by atoms with Crippen LogP contribution >= 0.6 is 0 Å². The first-order valence-corrected chi connectivity index (χ1v) is 7.02. The quantitative estimate of drug-likeness (QED) is 0.366. The van der Waals surface area contributed by atoms with E-state index in [4.69, 9.17) is 6.42 Å². The van der Waals surface area contributed by atoms with Gasteiger partial charge in [0.15, 0.2) is 0 Å². The highest BCUT2D eigenvalue weighted by molar-refractivity contribution is 5.33. The maximum absolute atomic E-state index is 5.02. The average molecular weight is 260 g/mol. The van der Waals surface area contributed by atoms with E-state index in [2.05, 4.69) is 57.8 Å². The smallest absolute Gasteiger partial charge is 0.141 e. The van der Waals surface area contributed by atoms with Gasteiger partial charge in [-0.3, -0.25) is 0 Å². The van der Waals surface area contributed by atoms with E-state index >= 15 is 0 Å². The summed E-state index contributed by atoms with van der Waals surface area (Å²) < 4.78 is 0.934. The number of quaternary nitrogens is 2. The molecule has 0 fully saturated rings. The van der Waals surface area contributed by atoms with Crippen LogP contribution in [0.3, 0.4) is 0 Å². The summed E-state index contributed by atoms with van der Waals surface area (Å²) in [7, 11) is 8.85. The van der Waals surface area contributed by atoms with E-state index in [9.17, 15) is 0 Å². The van der Waals surface area contributed by atoms with Gasteiger partial charge in [-0.15, -0.1) is 6.42 Å². The third-order valence-electron chi connectivity index (χ3n) is 2.98. The number of hydrogen-bond acceptors (Lipinski definition) is 0. The van der Waals surface area contributed by atoms with Crippen LogP contribution in [0.2, 0.25) is 0 Å². The van der Waals surface area contributed by atoms with Gasteiger partial charge in [0.2, 0.25) is 0 Å². The van der Waals surface area contributed by atoms with Crippen molar-refractivity contribution in [3.8, 4) is 36.0 Å². The Morgan fingerprint density at radius 1 is 0.947 bits per heavy atom. The summed E-state index contributed by atoms with van der Waals surface area (Å²) >= 11 is 0. The summed E-state index contributed by atoms with van der Waals surface area (Å²) in [5.74, 6) is 13.3. The molecule has 0 aliphatic carbocycles. The summed E-state index contributed by atoms with van der Waals surface area (Å²) in [5, 5.41) is 0. The molecule has 1 N–H and O–H groups in total. The summed E-state index contributed by atoms with van der Waals surface area (Å²) in [6.45, 7) is 3.28. The normalized spacial score (nSPS) is 10.1. The molecule has 0 atom stereocenters. The minimum atomic E-state index is 0.834. The highest BCUT2D eigenvalue weighted by atomic mass is 15.3. The molecule has 0 amide bonds. The van der Waals surface area contributed by atoms with Crippen LogP contribution in [0.15, 0.2) is 0 Å². The van der Waals surface area contributed by atoms with Gasteiger partial charge in [0.05, 0.1) is 41.3 Å². The number of hydrogen-bond donors (Lipinski definition) is 1. The second-order valence-electron chi connectivity index (χ2n) is 5.88. The van der Waals surface area contributed by atoms with Gasteiger partial charge >= 0.3 is 0 Å². The molecule has 0 bridgehead atoms. The Morgan fingerprint density at radius 3 is 2.26 bits per heavy atom. The first kappa shape index (κ1) is 17.6. The molecule has 0 saturated carbocycles. The highest BCUT2D eigenvalue weighted by Crippen LogP contribution is 2.04. The zero-order chi connectivity index (χ0) is 14.6. The third-order valence-corrected chi connectivity index (χ3v) is 2.98. The van der Waals surface area contributed by atoms with Crippen molar-refractivity contribution >= 4 is 0 Å². The molecule has 19 heavy (non-hydrogen) atoms. The van der Waals surface area contributed by atoms with E-state index in [-0.39, 0.29) is 0 Å². The van der Waals surface area contributed by atoms with Crippen LogP contribution in [0.5, 0.6) is 0 Å². The van der Waals surface area contributed by atoms with Gasteiger partial charge in [0, 0.05) is 0 Å². The first-order valence-electron chi connectivity index (χ1n) is 7.02. The molecule has 104 valence electrons. The fourth-order valence-corrected chi connectivity index (χ4v) is 1.82. The molecule has 0 aliphatic rings. The van der Waals surface area contributed by atoms with Crippen LogP contribution in [-0.2, 0) is 0 Å². The predicted octanol–water partition coefficient (Wildman–Crippen LogP) is 0.408. The summed E-state index contributed by atoms with van der Waals surface area (Å²) in [6.07, 6.45) is 10.3. The highest BCUT2D eigenvalue weighted by Gasteiger charge is 2.11. The topological polar surface area (TPSA) is 4.44 Å². The van der Waals surface area contributed by atoms with Gasteiger partial charge < -0.3 is 9.38 Å². The van der Waals surface area contributed by atoms with E-state index in [1.165, 1.54) is 38.8 Å². The molecule has 0 aromatic carbocycles. The van der Waals surface area contributed by atoms with Crippen molar-refractivity contribution < 1.29 is 9.38 Å². The second kappa shape index (κ2) is 10.5. The van der Waals surface area contributed by atoms with Crippen molar-refractivity contribution in [3.63, 3.8) is 0 Å². The van der Waals surface area contributed by atoms with Crippen LogP contribution in [0, 0.1) is 36.0 Å². The number of nitrogens with zero attached hydrogens (tertiary/aromatic N) is 1. The molecule has 0 aromatic heterocycles. The molecule has 0 spiro atoms. The molecule has 2 heteroatoms. The van der Waals surface area contributed by atoms with Gasteiger partial charge in [-0.2, -0.15) is 0 Å². The van der Waals surface area contributed by atoms with Crippen LogP contribution in [0.4, 0.5) is 0 Å². The van der Waals surface area contributed by atoms with Crippen LogP contribution < -0.4 is 4.90 Å². The molecule has 0 unspecified atom stereocenters. The molecular weight excluding hydrogens is 232 g/mol. The minimum absolute atomic E-state index is 0.834. The molecule has 0 rings (SSSR count). The SMILES string of the molecule is C#CC#CC#CC[N+](C)(C)CCCCCC[NH+](C)C. The zero-order valence-electron chi connectivity index (χ0n) is 13.0. The third kappa shape index (κ3) is 12.8. The van der Waals surface area contributed by atoms with Crippen molar-refractivity contribution in [3.05, 3.63) is 0 Å². The van der Waals surface area contributed by atoms with E-state index in [0.717, 1.165) is 11.0 Å². The lowest BCUT2D eigenvalue weighted by molar-refractivity contribution is -0.883. The Bertz CT molecular complexity index is 391.